The Kier molecular flexibility index (Phi) is 1.97. The number of rotatable bonds is 1. The van der Waals surface area contributed by atoms with Gasteiger partial charge in [0.25, 0.3) is 0 Å². The average Bonchev–Trinajstić information content (AvgIpc) is 2.47. The van der Waals surface area contributed by atoms with Crippen LogP contribution in [0.2, 0.25) is 0 Å². The number of carbonyl (C=O) groups is 1. The first kappa shape index (κ1) is 7.92. The molecule has 2 unspecified atom stereocenters. The summed E-state index contributed by atoms with van der Waals surface area (Å²) in [6.07, 6.45) is 7.01. The maximum Gasteiger partial charge on any atom is 0.308 e. The third-order valence-corrected chi connectivity index (χ3v) is 3.68. The van der Waals surface area contributed by atoms with E-state index < -0.39 is 5.97 Å². The van der Waals surface area contributed by atoms with Gasteiger partial charge in [0.1, 0.15) is 0 Å². The van der Waals surface area contributed by atoms with E-state index >= 15 is 0 Å². The summed E-state index contributed by atoms with van der Waals surface area (Å²) in [7, 11) is 0. The van der Waals surface area contributed by atoms with Crippen LogP contribution in [0.5, 0.6) is 0 Å². The molecule has 0 spiro atoms. The van der Waals surface area contributed by atoms with Crippen LogP contribution in [0.4, 0.5) is 0 Å². The van der Waals surface area contributed by atoms with Crippen LogP contribution < -0.4 is 0 Å². The van der Waals surface area contributed by atoms with Gasteiger partial charge in [-0.3, -0.25) is 4.79 Å². The number of aliphatic carboxylic acids is 1. The minimum atomic E-state index is -0.647. The van der Waals surface area contributed by atoms with Gasteiger partial charge in [-0.2, -0.15) is 0 Å². The zero-order valence-corrected chi connectivity index (χ0v) is 7.38. The maximum absolute atomic E-state index is 10.8. The van der Waals surface area contributed by atoms with Crippen molar-refractivity contribution in [3.63, 3.8) is 0 Å². The lowest BCUT2D eigenvalue weighted by atomic mass is 9.88. The van der Waals surface area contributed by atoms with Gasteiger partial charge in [-0.25, -0.2) is 0 Å². The maximum atomic E-state index is 10.8. The zero-order chi connectivity index (χ0) is 8.55. The summed E-state index contributed by atoms with van der Waals surface area (Å²) in [6, 6.07) is 0. The summed E-state index contributed by atoms with van der Waals surface area (Å²) >= 11 is 1.69. The van der Waals surface area contributed by atoms with Crippen LogP contribution >= 0.6 is 11.8 Å². The van der Waals surface area contributed by atoms with Crippen molar-refractivity contribution in [2.45, 2.75) is 6.42 Å². The lowest BCUT2D eigenvalue weighted by Gasteiger charge is -2.15. The van der Waals surface area contributed by atoms with Crippen molar-refractivity contribution < 1.29 is 9.90 Å². The van der Waals surface area contributed by atoms with Gasteiger partial charge in [-0.1, -0.05) is 18.2 Å². The summed E-state index contributed by atoms with van der Waals surface area (Å²) in [5, 5.41) is 8.89. The van der Waals surface area contributed by atoms with E-state index in [-0.39, 0.29) is 11.8 Å². The van der Waals surface area contributed by atoms with Crippen molar-refractivity contribution in [3.05, 3.63) is 23.1 Å². The number of fused-ring (bicyclic) bond motifs is 1. The zero-order valence-electron chi connectivity index (χ0n) is 6.56. The standard InChI is InChI=1S/C9H10O2S/c10-9(11)7-5-12-8-4-2-1-3-6(7)8/h1-2,4,6-7H,3,5H2,(H,10,11). The highest BCUT2D eigenvalue weighted by Gasteiger charge is 2.36. The van der Waals surface area contributed by atoms with E-state index in [9.17, 15) is 4.79 Å². The Balaban J connectivity index is 2.20. The Morgan fingerprint density at radius 1 is 1.67 bits per heavy atom. The van der Waals surface area contributed by atoms with E-state index in [2.05, 4.69) is 6.08 Å². The molecule has 0 amide bonds. The Morgan fingerprint density at radius 3 is 3.25 bits per heavy atom. The number of thioether (sulfide) groups is 1. The molecule has 1 aliphatic heterocycles. The molecule has 2 atom stereocenters. The molecule has 12 heavy (non-hydrogen) atoms. The first-order chi connectivity index (χ1) is 5.79. The number of carboxylic acids is 1. The minimum absolute atomic E-state index is 0.161. The van der Waals surface area contributed by atoms with Crippen molar-refractivity contribution in [1.29, 1.82) is 0 Å². The Morgan fingerprint density at radius 2 is 2.50 bits per heavy atom. The minimum Gasteiger partial charge on any atom is -0.481 e. The molecule has 0 aromatic carbocycles. The molecule has 64 valence electrons. The van der Waals surface area contributed by atoms with Crippen molar-refractivity contribution in [2.75, 3.05) is 5.75 Å². The molecule has 0 aromatic heterocycles. The monoisotopic (exact) mass is 182 g/mol. The lowest BCUT2D eigenvalue weighted by Crippen LogP contribution is -2.21. The number of allylic oxidation sites excluding steroid dienone is 4. The summed E-state index contributed by atoms with van der Waals surface area (Å²) in [6.45, 7) is 0. The Labute approximate surface area is 75.3 Å². The van der Waals surface area contributed by atoms with Gasteiger partial charge >= 0.3 is 5.97 Å². The lowest BCUT2D eigenvalue weighted by molar-refractivity contribution is -0.141. The first-order valence-corrected chi connectivity index (χ1v) is 5.00. The smallest absolute Gasteiger partial charge is 0.308 e. The molecule has 3 heteroatoms. The highest BCUT2D eigenvalue weighted by Crippen LogP contribution is 2.44. The molecule has 0 aromatic rings. The van der Waals surface area contributed by atoms with E-state index in [4.69, 9.17) is 5.11 Å². The summed E-state index contributed by atoms with van der Waals surface area (Å²) < 4.78 is 0. The Hall–Kier alpha value is -0.700. The predicted molar refractivity (Wildman–Crippen MR) is 48.9 cm³/mol. The third-order valence-electron chi connectivity index (χ3n) is 2.38. The largest absolute Gasteiger partial charge is 0.481 e. The van der Waals surface area contributed by atoms with E-state index in [0.29, 0.717) is 0 Å². The fraction of sp³-hybridized carbons (Fsp3) is 0.444. The van der Waals surface area contributed by atoms with Gasteiger partial charge in [0, 0.05) is 11.7 Å². The summed E-state index contributed by atoms with van der Waals surface area (Å²) in [5.74, 6) is 0.197. The molecule has 1 heterocycles. The van der Waals surface area contributed by atoms with Gasteiger partial charge in [0.15, 0.2) is 0 Å². The highest BCUT2D eigenvalue weighted by molar-refractivity contribution is 8.03. The van der Waals surface area contributed by atoms with Crippen LogP contribution in [0.25, 0.3) is 0 Å². The van der Waals surface area contributed by atoms with E-state index in [1.54, 1.807) is 11.8 Å². The van der Waals surface area contributed by atoms with Crippen molar-refractivity contribution in [1.82, 2.24) is 0 Å². The molecule has 2 nitrogen and oxygen atoms in total. The molecule has 1 N–H and O–H groups in total. The van der Waals surface area contributed by atoms with Crippen LogP contribution in [-0.2, 0) is 4.79 Å². The van der Waals surface area contributed by atoms with Crippen molar-refractivity contribution >= 4 is 17.7 Å². The summed E-state index contributed by atoms with van der Waals surface area (Å²) in [5.41, 5.74) is 0. The van der Waals surface area contributed by atoms with Gasteiger partial charge in [-0.05, 0) is 11.3 Å². The predicted octanol–water partition coefficient (Wildman–Crippen LogP) is 1.89. The second-order valence-electron chi connectivity index (χ2n) is 3.10. The number of hydrogen-bond acceptors (Lipinski definition) is 2. The normalized spacial score (nSPS) is 32.8. The van der Waals surface area contributed by atoms with Gasteiger partial charge in [-0.15, -0.1) is 11.8 Å². The molecule has 1 fully saturated rings. The first-order valence-electron chi connectivity index (χ1n) is 4.01. The van der Waals surface area contributed by atoms with E-state index in [0.717, 1.165) is 12.2 Å². The molecule has 2 rings (SSSR count). The second-order valence-corrected chi connectivity index (χ2v) is 4.19. The van der Waals surface area contributed by atoms with Gasteiger partial charge in [0.05, 0.1) is 5.92 Å². The molecule has 0 saturated carbocycles. The fourth-order valence-corrected chi connectivity index (χ4v) is 3.09. The van der Waals surface area contributed by atoms with E-state index in [1.165, 1.54) is 4.91 Å². The molecular weight excluding hydrogens is 172 g/mol. The van der Waals surface area contributed by atoms with Crippen molar-refractivity contribution in [2.24, 2.45) is 11.8 Å². The van der Waals surface area contributed by atoms with Crippen LogP contribution in [0.1, 0.15) is 6.42 Å². The molecule has 0 bridgehead atoms. The molecule has 0 radical (unpaired) electrons. The summed E-state index contributed by atoms with van der Waals surface area (Å²) in [4.78, 5) is 12.0. The SMILES string of the molecule is O=C(O)C1CSC2=CC=CCC21. The third kappa shape index (κ3) is 1.18. The van der Waals surface area contributed by atoms with Crippen LogP contribution in [0, 0.1) is 11.8 Å². The van der Waals surface area contributed by atoms with Gasteiger partial charge in [0.2, 0.25) is 0 Å². The van der Waals surface area contributed by atoms with Crippen molar-refractivity contribution in [3.8, 4) is 0 Å². The highest BCUT2D eigenvalue weighted by atomic mass is 32.2. The molecule has 1 saturated heterocycles. The van der Waals surface area contributed by atoms with E-state index in [1.807, 2.05) is 12.2 Å². The number of carboxylic acid groups (broad SMARTS) is 1. The topological polar surface area (TPSA) is 37.3 Å². The molecule has 2 aliphatic rings. The molecule has 1 aliphatic carbocycles. The molecular formula is C9H10O2S. The quantitative estimate of drug-likeness (QED) is 0.673. The number of hydrogen-bond donors (Lipinski definition) is 1. The van der Waals surface area contributed by atoms with Crippen LogP contribution in [0.3, 0.4) is 0 Å². The van der Waals surface area contributed by atoms with Crippen LogP contribution in [0.15, 0.2) is 23.1 Å². The average molecular weight is 182 g/mol. The second kappa shape index (κ2) is 2.98. The van der Waals surface area contributed by atoms with Gasteiger partial charge < -0.3 is 5.11 Å². The fourth-order valence-electron chi connectivity index (χ4n) is 1.69. The van der Waals surface area contributed by atoms with Crippen LogP contribution in [-0.4, -0.2) is 16.8 Å². The Bertz CT molecular complexity index is 268.